The summed E-state index contributed by atoms with van der Waals surface area (Å²) in [4.78, 5) is 4.50. The van der Waals surface area contributed by atoms with Crippen LogP contribution in [0.3, 0.4) is 0 Å². The molecule has 0 aromatic heterocycles. The van der Waals surface area contributed by atoms with Gasteiger partial charge < -0.3 is 9.80 Å². The number of hydrogen-bond donors (Lipinski definition) is 0. The molecule has 20 heavy (non-hydrogen) atoms. The van der Waals surface area contributed by atoms with E-state index in [1.807, 2.05) is 0 Å². The van der Waals surface area contributed by atoms with Crippen LogP contribution < -0.4 is 0 Å². The second kappa shape index (κ2) is 14.9. The van der Waals surface area contributed by atoms with Crippen LogP contribution in [-0.4, -0.2) is 44.0 Å². The van der Waals surface area contributed by atoms with Gasteiger partial charge in [-0.15, -0.1) is 0 Å². The molecular weight excluding hydrogens is 244 g/mol. The summed E-state index contributed by atoms with van der Waals surface area (Å²) in [5.74, 6) is 0. The first kappa shape index (κ1) is 19.5. The smallest absolute Gasteiger partial charge is 0.0174 e. The Balaban J connectivity index is 3.21. The first-order chi connectivity index (χ1) is 9.66. The summed E-state index contributed by atoms with van der Waals surface area (Å²) >= 11 is 0. The van der Waals surface area contributed by atoms with Crippen molar-refractivity contribution in [3.05, 3.63) is 12.3 Å². The monoisotopic (exact) mass is 282 g/mol. The summed E-state index contributed by atoms with van der Waals surface area (Å²) in [5, 5.41) is 0. The summed E-state index contributed by atoms with van der Waals surface area (Å²) in [6, 6.07) is 0. The average molecular weight is 283 g/mol. The summed E-state index contributed by atoms with van der Waals surface area (Å²) in [6.45, 7) is 4.51. The lowest BCUT2D eigenvalue weighted by molar-refractivity contribution is 0.417. The number of unbranched alkanes of at least 4 members (excludes halogenated alkanes) is 9. The molecule has 0 aromatic rings. The number of hydrogen-bond acceptors (Lipinski definition) is 2. The predicted molar refractivity (Wildman–Crippen MR) is 92.2 cm³/mol. The molecule has 0 aliphatic heterocycles. The van der Waals surface area contributed by atoms with E-state index in [0.717, 1.165) is 6.54 Å². The van der Waals surface area contributed by atoms with Gasteiger partial charge in [0.1, 0.15) is 0 Å². The van der Waals surface area contributed by atoms with Crippen LogP contribution in [-0.2, 0) is 0 Å². The number of rotatable bonds is 14. The molecule has 0 aromatic carbocycles. The van der Waals surface area contributed by atoms with Crippen molar-refractivity contribution in [1.29, 1.82) is 0 Å². The Kier molecular flexibility index (Phi) is 14.5. The zero-order chi connectivity index (χ0) is 15.1. The lowest BCUT2D eigenvalue weighted by Crippen LogP contribution is -2.15. The van der Waals surface area contributed by atoms with E-state index < -0.39 is 0 Å². The van der Waals surface area contributed by atoms with Crippen molar-refractivity contribution < 1.29 is 0 Å². The molecule has 0 aliphatic rings. The van der Waals surface area contributed by atoms with E-state index in [1.54, 1.807) is 0 Å². The van der Waals surface area contributed by atoms with E-state index in [1.165, 1.54) is 70.8 Å². The van der Waals surface area contributed by atoms with Crippen molar-refractivity contribution in [2.45, 2.75) is 71.1 Å². The third-order valence-electron chi connectivity index (χ3n) is 3.69. The molecule has 0 heterocycles. The van der Waals surface area contributed by atoms with Crippen LogP contribution in [0.1, 0.15) is 71.1 Å². The molecule has 0 atom stereocenters. The second-order valence-electron chi connectivity index (χ2n) is 6.31. The summed E-state index contributed by atoms with van der Waals surface area (Å²) in [6.07, 6.45) is 18.6. The van der Waals surface area contributed by atoms with Gasteiger partial charge >= 0.3 is 0 Å². The zero-order valence-electron chi connectivity index (χ0n) is 14.5. The normalized spacial score (nSPS) is 11.7. The van der Waals surface area contributed by atoms with Crippen molar-refractivity contribution in [1.82, 2.24) is 9.80 Å². The highest BCUT2D eigenvalue weighted by atomic mass is 15.1. The number of likely N-dealkylation sites (N-methyl/N-ethyl adjacent to an activating group) is 1. The lowest BCUT2D eigenvalue weighted by Gasteiger charge is -2.14. The lowest BCUT2D eigenvalue weighted by atomic mass is 10.1. The number of nitrogens with zero attached hydrogens (tertiary/aromatic N) is 2. The summed E-state index contributed by atoms with van der Waals surface area (Å²) < 4.78 is 0. The fourth-order valence-electron chi connectivity index (χ4n) is 2.36. The van der Waals surface area contributed by atoms with Gasteiger partial charge in [-0.1, -0.05) is 70.8 Å². The maximum absolute atomic E-state index is 2.31. The molecule has 2 heteroatoms. The van der Waals surface area contributed by atoms with E-state index >= 15 is 0 Å². The molecule has 0 unspecified atom stereocenters. The Labute approximate surface area is 128 Å². The van der Waals surface area contributed by atoms with Crippen LogP contribution >= 0.6 is 0 Å². The van der Waals surface area contributed by atoms with E-state index in [4.69, 9.17) is 0 Å². The van der Waals surface area contributed by atoms with E-state index in [-0.39, 0.29) is 0 Å². The Morgan fingerprint density at radius 2 is 1.20 bits per heavy atom. The fourth-order valence-corrected chi connectivity index (χ4v) is 2.36. The highest BCUT2D eigenvalue weighted by Crippen LogP contribution is 2.10. The Bertz CT molecular complexity index is 211. The minimum Gasteiger partial charge on any atom is -0.381 e. The highest BCUT2D eigenvalue weighted by Gasteiger charge is 1.94. The SMILES string of the molecule is CCCCCCCCCCCCN(C)C=CCN(C)C. The van der Waals surface area contributed by atoms with Gasteiger partial charge in [-0.25, -0.2) is 0 Å². The molecule has 120 valence electrons. The van der Waals surface area contributed by atoms with Crippen molar-refractivity contribution in [3.8, 4) is 0 Å². The molecule has 0 rings (SSSR count). The van der Waals surface area contributed by atoms with Gasteiger partial charge in [-0.2, -0.15) is 0 Å². The van der Waals surface area contributed by atoms with Crippen LogP contribution in [0.15, 0.2) is 12.3 Å². The molecule has 0 radical (unpaired) electrons. The van der Waals surface area contributed by atoms with Crippen molar-refractivity contribution in [2.75, 3.05) is 34.2 Å². The quantitative estimate of drug-likeness (QED) is 0.417. The van der Waals surface area contributed by atoms with E-state index in [0.29, 0.717) is 0 Å². The molecule has 0 spiro atoms. The van der Waals surface area contributed by atoms with Gasteiger partial charge in [-0.3, -0.25) is 0 Å². The Hall–Kier alpha value is -0.500. The molecule has 0 amide bonds. The first-order valence-corrected chi connectivity index (χ1v) is 8.68. The molecule has 0 bridgehead atoms. The third-order valence-corrected chi connectivity index (χ3v) is 3.69. The Morgan fingerprint density at radius 3 is 1.70 bits per heavy atom. The molecule has 0 N–H and O–H groups in total. The standard InChI is InChI=1S/C18H38N2/c1-5-6-7-8-9-10-11-12-13-14-17-20(4)18-15-16-19(2)3/h15,18H,5-14,16-17H2,1-4H3. The topological polar surface area (TPSA) is 6.48 Å². The maximum Gasteiger partial charge on any atom is 0.0174 e. The minimum absolute atomic E-state index is 1.03. The molecular formula is C18H38N2. The Morgan fingerprint density at radius 1 is 0.700 bits per heavy atom. The molecule has 0 saturated heterocycles. The van der Waals surface area contributed by atoms with Crippen molar-refractivity contribution in [2.24, 2.45) is 0 Å². The molecule has 2 nitrogen and oxygen atoms in total. The van der Waals surface area contributed by atoms with Crippen LogP contribution in [0, 0.1) is 0 Å². The van der Waals surface area contributed by atoms with E-state index in [9.17, 15) is 0 Å². The molecule has 0 fully saturated rings. The van der Waals surface area contributed by atoms with Gasteiger partial charge in [0, 0.05) is 20.1 Å². The molecule has 0 aliphatic carbocycles. The van der Waals surface area contributed by atoms with E-state index in [2.05, 4.69) is 50.1 Å². The van der Waals surface area contributed by atoms with Gasteiger partial charge in [-0.05, 0) is 26.7 Å². The fraction of sp³-hybridized carbons (Fsp3) is 0.889. The predicted octanol–water partition coefficient (Wildman–Crippen LogP) is 4.91. The molecule has 0 saturated carbocycles. The van der Waals surface area contributed by atoms with Crippen molar-refractivity contribution >= 4 is 0 Å². The van der Waals surface area contributed by atoms with Crippen molar-refractivity contribution in [3.63, 3.8) is 0 Å². The van der Waals surface area contributed by atoms with Crippen LogP contribution in [0.2, 0.25) is 0 Å². The second-order valence-corrected chi connectivity index (χ2v) is 6.31. The zero-order valence-corrected chi connectivity index (χ0v) is 14.5. The minimum atomic E-state index is 1.03. The van der Waals surface area contributed by atoms with Gasteiger partial charge in [0.05, 0.1) is 0 Å². The van der Waals surface area contributed by atoms with Crippen LogP contribution in [0.25, 0.3) is 0 Å². The van der Waals surface area contributed by atoms with Gasteiger partial charge in [0.15, 0.2) is 0 Å². The summed E-state index contributed by atoms with van der Waals surface area (Å²) in [7, 11) is 6.39. The average Bonchev–Trinajstić information content (AvgIpc) is 2.40. The first-order valence-electron chi connectivity index (χ1n) is 8.68. The maximum atomic E-state index is 2.31. The highest BCUT2D eigenvalue weighted by molar-refractivity contribution is 4.82. The third kappa shape index (κ3) is 15.6. The van der Waals surface area contributed by atoms with Gasteiger partial charge in [0.25, 0.3) is 0 Å². The van der Waals surface area contributed by atoms with Crippen LogP contribution in [0.5, 0.6) is 0 Å². The summed E-state index contributed by atoms with van der Waals surface area (Å²) in [5.41, 5.74) is 0. The van der Waals surface area contributed by atoms with Crippen LogP contribution in [0.4, 0.5) is 0 Å². The largest absolute Gasteiger partial charge is 0.381 e. The van der Waals surface area contributed by atoms with Gasteiger partial charge in [0.2, 0.25) is 0 Å².